The maximum atomic E-state index is 12.7. The first-order chi connectivity index (χ1) is 17.5. The maximum absolute atomic E-state index is 12.7. The zero-order valence-corrected chi connectivity index (χ0v) is 19.5. The van der Waals surface area contributed by atoms with Gasteiger partial charge in [0.05, 0.1) is 32.6 Å². The largest absolute Gasteiger partial charge is 0.493 e. The Morgan fingerprint density at radius 1 is 1.03 bits per heavy atom. The van der Waals surface area contributed by atoms with Gasteiger partial charge in [-0.25, -0.2) is 9.48 Å². The number of hydrogen-bond donors (Lipinski definition) is 1. The normalized spacial score (nSPS) is 10.5. The molecule has 0 bridgehead atoms. The van der Waals surface area contributed by atoms with Crippen molar-refractivity contribution in [3.8, 4) is 28.7 Å². The molecule has 0 aliphatic carbocycles. The number of tetrazole rings is 1. The summed E-state index contributed by atoms with van der Waals surface area (Å²) in [5.41, 5.74) is 0.932. The number of nitrogens with zero attached hydrogens (tertiary/aromatic N) is 6. The Morgan fingerprint density at radius 2 is 1.78 bits per heavy atom. The van der Waals surface area contributed by atoms with Crippen molar-refractivity contribution in [2.75, 3.05) is 26.6 Å². The van der Waals surface area contributed by atoms with Crippen molar-refractivity contribution >= 4 is 17.6 Å². The van der Waals surface area contributed by atoms with E-state index >= 15 is 0 Å². The van der Waals surface area contributed by atoms with Crippen LogP contribution in [0.2, 0.25) is 0 Å². The molecule has 14 nitrogen and oxygen atoms in total. The average molecular weight is 495 g/mol. The van der Waals surface area contributed by atoms with Crippen LogP contribution in [0, 0.1) is 0 Å². The number of ether oxygens (including phenoxy) is 4. The average Bonchev–Trinajstić information content (AvgIpc) is 3.59. The van der Waals surface area contributed by atoms with Gasteiger partial charge in [0.2, 0.25) is 17.5 Å². The number of rotatable bonds is 10. The standard InChI is InChI=1S/C22H21N7O7/c1-32-16-8-13(9-17(33-2)20(16)34-3)21-26-25-19(36-21)11-35-22(31)14-6-4-5-7-15(14)24-18(30)10-29-12-23-27-28-29/h4-9,12H,10-11H2,1-3H3,(H,24,30). The molecule has 0 spiro atoms. The highest BCUT2D eigenvalue weighted by Gasteiger charge is 2.19. The van der Waals surface area contributed by atoms with Crippen molar-refractivity contribution in [3.63, 3.8) is 0 Å². The number of carbonyl (C=O) groups is 2. The first kappa shape index (κ1) is 24.1. The van der Waals surface area contributed by atoms with Crippen molar-refractivity contribution in [3.05, 3.63) is 54.2 Å². The maximum Gasteiger partial charge on any atom is 0.340 e. The number of anilines is 1. The van der Waals surface area contributed by atoms with Crippen molar-refractivity contribution in [2.45, 2.75) is 13.2 Å². The van der Waals surface area contributed by atoms with Crippen LogP contribution in [0.5, 0.6) is 17.2 Å². The summed E-state index contributed by atoms with van der Waals surface area (Å²) in [6.45, 7) is -0.411. The first-order valence-corrected chi connectivity index (χ1v) is 10.4. The molecule has 0 aliphatic heterocycles. The molecule has 0 aliphatic rings. The Labute approximate surface area is 204 Å². The highest BCUT2D eigenvalue weighted by molar-refractivity contribution is 6.01. The summed E-state index contributed by atoms with van der Waals surface area (Å²) in [5.74, 6) is 0.354. The lowest BCUT2D eigenvalue weighted by Crippen LogP contribution is -2.21. The van der Waals surface area contributed by atoms with Crippen molar-refractivity contribution in [1.82, 2.24) is 30.4 Å². The van der Waals surface area contributed by atoms with Gasteiger partial charge in [-0.2, -0.15) is 0 Å². The van der Waals surface area contributed by atoms with Crippen LogP contribution in [0.4, 0.5) is 5.69 Å². The predicted molar refractivity (Wildman–Crippen MR) is 121 cm³/mol. The highest BCUT2D eigenvalue weighted by Crippen LogP contribution is 2.40. The third-order valence-corrected chi connectivity index (χ3v) is 4.82. The van der Waals surface area contributed by atoms with Crippen LogP contribution >= 0.6 is 0 Å². The quantitative estimate of drug-likeness (QED) is 0.317. The Kier molecular flexibility index (Phi) is 7.33. The molecule has 0 fully saturated rings. The number of para-hydroxylation sites is 1. The van der Waals surface area contributed by atoms with Crippen LogP contribution in [-0.2, 0) is 22.7 Å². The third kappa shape index (κ3) is 5.38. The van der Waals surface area contributed by atoms with E-state index in [0.29, 0.717) is 22.8 Å². The molecular weight excluding hydrogens is 474 g/mol. The lowest BCUT2D eigenvalue weighted by Gasteiger charge is -2.12. The SMILES string of the molecule is COc1cc(-c2nnc(COC(=O)c3ccccc3NC(=O)Cn3cnnn3)o2)cc(OC)c1OC. The number of amides is 1. The zero-order valence-electron chi connectivity index (χ0n) is 19.5. The van der Waals surface area contributed by atoms with Gasteiger partial charge in [-0.3, -0.25) is 4.79 Å². The number of nitrogens with one attached hydrogen (secondary N) is 1. The number of hydrogen-bond acceptors (Lipinski definition) is 12. The Hall–Kier alpha value is -5.01. The summed E-state index contributed by atoms with van der Waals surface area (Å²) in [5, 5.41) is 21.1. The molecule has 1 N–H and O–H groups in total. The first-order valence-electron chi connectivity index (χ1n) is 10.4. The van der Waals surface area contributed by atoms with E-state index in [0.717, 1.165) is 0 Å². The van der Waals surface area contributed by atoms with E-state index in [2.05, 4.69) is 31.0 Å². The Bertz CT molecular complexity index is 1330. The highest BCUT2D eigenvalue weighted by atomic mass is 16.5. The van der Waals surface area contributed by atoms with Crippen LogP contribution in [0.25, 0.3) is 11.5 Å². The van der Waals surface area contributed by atoms with Crippen LogP contribution in [0.15, 0.2) is 47.1 Å². The van der Waals surface area contributed by atoms with Crippen molar-refractivity contribution in [1.29, 1.82) is 0 Å². The second-order valence-corrected chi connectivity index (χ2v) is 7.09. The van der Waals surface area contributed by atoms with Crippen LogP contribution < -0.4 is 19.5 Å². The van der Waals surface area contributed by atoms with Gasteiger partial charge >= 0.3 is 5.97 Å². The van der Waals surface area contributed by atoms with Gasteiger partial charge in [0.15, 0.2) is 18.1 Å². The number of esters is 1. The van der Waals surface area contributed by atoms with E-state index in [1.54, 1.807) is 30.3 Å². The fourth-order valence-electron chi connectivity index (χ4n) is 3.20. The molecule has 14 heteroatoms. The van der Waals surface area contributed by atoms with Crippen molar-refractivity contribution in [2.24, 2.45) is 0 Å². The van der Waals surface area contributed by atoms with Crippen LogP contribution in [-0.4, -0.2) is 63.6 Å². The molecule has 4 rings (SSSR count). The minimum atomic E-state index is -0.694. The van der Waals surface area contributed by atoms with E-state index in [-0.39, 0.29) is 36.2 Å². The second-order valence-electron chi connectivity index (χ2n) is 7.09. The van der Waals surface area contributed by atoms with Gasteiger partial charge < -0.3 is 28.7 Å². The number of carbonyl (C=O) groups excluding carboxylic acids is 2. The minimum absolute atomic E-state index is 0.0623. The summed E-state index contributed by atoms with van der Waals surface area (Å²) < 4.78 is 28.2. The lowest BCUT2D eigenvalue weighted by atomic mass is 10.2. The van der Waals surface area contributed by atoms with E-state index < -0.39 is 11.9 Å². The molecule has 2 aromatic carbocycles. The molecule has 2 aromatic heterocycles. The van der Waals surface area contributed by atoms with E-state index in [4.69, 9.17) is 23.4 Å². The zero-order chi connectivity index (χ0) is 25.5. The summed E-state index contributed by atoms with van der Waals surface area (Å²) >= 11 is 0. The summed E-state index contributed by atoms with van der Waals surface area (Å²) in [7, 11) is 4.48. The van der Waals surface area contributed by atoms with Crippen molar-refractivity contribution < 1.29 is 33.0 Å². The molecule has 2 heterocycles. The van der Waals surface area contributed by atoms with Crippen LogP contribution in [0.3, 0.4) is 0 Å². The topological polar surface area (TPSA) is 166 Å². The molecule has 0 atom stereocenters. The molecule has 1 amide bonds. The van der Waals surface area contributed by atoms with Gasteiger partial charge in [0.1, 0.15) is 12.9 Å². The Balaban J connectivity index is 1.43. The molecular formula is C22H21N7O7. The molecule has 0 saturated heterocycles. The fourth-order valence-corrected chi connectivity index (χ4v) is 3.20. The summed E-state index contributed by atoms with van der Waals surface area (Å²) in [6, 6.07) is 9.71. The Morgan fingerprint density at radius 3 is 2.44 bits per heavy atom. The van der Waals surface area contributed by atoms with Crippen LogP contribution in [0.1, 0.15) is 16.2 Å². The van der Waals surface area contributed by atoms with E-state index in [9.17, 15) is 9.59 Å². The summed E-state index contributed by atoms with van der Waals surface area (Å²) in [4.78, 5) is 25.0. The van der Waals surface area contributed by atoms with Gasteiger partial charge in [-0.05, 0) is 34.7 Å². The predicted octanol–water partition coefficient (Wildman–Crippen LogP) is 1.74. The smallest absolute Gasteiger partial charge is 0.340 e. The number of methoxy groups -OCH3 is 3. The number of benzene rings is 2. The molecule has 186 valence electrons. The van der Waals surface area contributed by atoms with Gasteiger partial charge in [-0.1, -0.05) is 12.1 Å². The van der Waals surface area contributed by atoms with E-state index in [1.807, 2.05) is 0 Å². The third-order valence-electron chi connectivity index (χ3n) is 4.82. The number of aromatic nitrogens is 6. The van der Waals surface area contributed by atoms with Gasteiger partial charge in [-0.15, -0.1) is 15.3 Å². The monoisotopic (exact) mass is 495 g/mol. The fraction of sp³-hybridized carbons (Fsp3) is 0.227. The molecule has 0 unspecified atom stereocenters. The van der Waals surface area contributed by atoms with Gasteiger partial charge in [0.25, 0.3) is 5.89 Å². The molecule has 0 saturated carbocycles. The summed E-state index contributed by atoms with van der Waals surface area (Å²) in [6.07, 6.45) is 1.30. The molecule has 36 heavy (non-hydrogen) atoms. The molecule has 4 aromatic rings. The minimum Gasteiger partial charge on any atom is -0.493 e. The molecule has 0 radical (unpaired) electrons. The van der Waals surface area contributed by atoms with E-state index in [1.165, 1.54) is 38.4 Å². The van der Waals surface area contributed by atoms with Gasteiger partial charge in [0, 0.05) is 5.56 Å². The second kappa shape index (κ2) is 10.9. The lowest BCUT2D eigenvalue weighted by molar-refractivity contribution is -0.116.